The molecular formula is C13H20N2O3. The quantitative estimate of drug-likeness (QED) is 0.888. The second-order valence-electron chi connectivity index (χ2n) is 4.86. The summed E-state index contributed by atoms with van der Waals surface area (Å²) in [5.41, 5.74) is 3.10. The van der Waals surface area contributed by atoms with Crippen molar-refractivity contribution < 1.29 is 14.6 Å². The third-order valence-electron chi connectivity index (χ3n) is 3.55. The predicted molar refractivity (Wildman–Crippen MR) is 66.7 cm³/mol. The third kappa shape index (κ3) is 2.72. The molecule has 1 atom stereocenters. The molecule has 1 saturated heterocycles. The Hall–Kier alpha value is -1.36. The van der Waals surface area contributed by atoms with Gasteiger partial charge >= 0.3 is 5.97 Å². The van der Waals surface area contributed by atoms with Crippen molar-refractivity contribution in [1.82, 2.24) is 9.78 Å². The van der Waals surface area contributed by atoms with Gasteiger partial charge in [-0.2, -0.15) is 5.10 Å². The molecule has 1 unspecified atom stereocenters. The van der Waals surface area contributed by atoms with Crippen LogP contribution in [0, 0.1) is 13.8 Å². The first-order valence-corrected chi connectivity index (χ1v) is 6.43. The number of nitrogens with zero attached hydrogens (tertiary/aromatic N) is 2. The van der Waals surface area contributed by atoms with Crippen molar-refractivity contribution in [2.75, 3.05) is 13.2 Å². The first-order valence-electron chi connectivity index (χ1n) is 6.43. The predicted octanol–water partition coefficient (Wildman–Crippen LogP) is 1.87. The van der Waals surface area contributed by atoms with Gasteiger partial charge in [0.15, 0.2) is 0 Å². The van der Waals surface area contributed by atoms with Crippen molar-refractivity contribution in [2.24, 2.45) is 0 Å². The van der Waals surface area contributed by atoms with Crippen LogP contribution in [-0.2, 0) is 16.0 Å². The van der Waals surface area contributed by atoms with Gasteiger partial charge in [0.25, 0.3) is 0 Å². The molecule has 0 saturated carbocycles. The summed E-state index contributed by atoms with van der Waals surface area (Å²) in [7, 11) is 0. The lowest BCUT2D eigenvalue weighted by Gasteiger charge is -2.23. The van der Waals surface area contributed by atoms with E-state index in [0.29, 0.717) is 19.1 Å². The van der Waals surface area contributed by atoms with Crippen LogP contribution in [0.2, 0.25) is 0 Å². The fourth-order valence-electron chi connectivity index (χ4n) is 2.56. The highest BCUT2D eigenvalue weighted by Crippen LogP contribution is 2.24. The number of aliphatic carboxylic acids is 1. The van der Waals surface area contributed by atoms with Crippen LogP contribution in [0.1, 0.15) is 42.3 Å². The molecule has 0 aromatic carbocycles. The Kier molecular flexibility index (Phi) is 4.01. The molecule has 0 amide bonds. The topological polar surface area (TPSA) is 64.4 Å². The lowest BCUT2D eigenvalue weighted by Crippen LogP contribution is -2.23. The zero-order valence-electron chi connectivity index (χ0n) is 11.0. The van der Waals surface area contributed by atoms with Crippen LogP contribution in [-0.4, -0.2) is 34.1 Å². The van der Waals surface area contributed by atoms with Crippen LogP contribution in [0.25, 0.3) is 0 Å². The number of ether oxygens (including phenoxy) is 1. The molecular weight excluding hydrogens is 232 g/mol. The lowest BCUT2D eigenvalue weighted by atomic mass is 10.1. The Morgan fingerprint density at radius 1 is 1.56 bits per heavy atom. The molecule has 0 aliphatic carbocycles. The van der Waals surface area contributed by atoms with Crippen molar-refractivity contribution in [2.45, 2.75) is 45.6 Å². The second kappa shape index (κ2) is 5.52. The Morgan fingerprint density at radius 3 is 2.94 bits per heavy atom. The van der Waals surface area contributed by atoms with Crippen LogP contribution in [0.5, 0.6) is 0 Å². The second-order valence-corrected chi connectivity index (χ2v) is 4.86. The largest absolute Gasteiger partial charge is 0.481 e. The molecule has 0 bridgehead atoms. The van der Waals surface area contributed by atoms with Crippen molar-refractivity contribution in [3.63, 3.8) is 0 Å². The summed E-state index contributed by atoms with van der Waals surface area (Å²) in [5.74, 6) is -0.762. The minimum atomic E-state index is -0.762. The van der Waals surface area contributed by atoms with Gasteiger partial charge in [-0.05, 0) is 38.7 Å². The molecule has 100 valence electrons. The van der Waals surface area contributed by atoms with Gasteiger partial charge in [0.05, 0.1) is 18.3 Å². The number of carboxylic acids is 1. The SMILES string of the molecule is Cc1nn(C2CCCOC2)c(C)c1CCC(=O)O. The molecule has 5 nitrogen and oxygen atoms in total. The van der Waals surface area contributed by atoms with Crippen LogP contribution >= 0.6 is 0 Å². The summed E-state index contributed by atoms with van der Waals surface area (Å²) in [6.07, 6.45) is 2.86. The molecule has 1 N–H and O–H groups in total. The number of carbonyl (C=O) groups is 1. The summed E-state index contributed by atoms with van der Waals surface area (Å²) in [6, 6.07) is 0.302. The summed E-state index contributed by atoms with van der Waals surface area (Å²) >= 11 is 0. The van der Waals surface area contributed by atoms with Gasteiger partial charge in [0.1, 0.15) is 0 Å². The maximum Gasteiger partial charge on any atom is 0.303 e. The number of rotatable bonds is 4. The van der Waals surface area contributed by atoms with Crippen LogP contribution in [0.15, 0.2) is 0 Å². The fourth-order valence-corrected chi connectivity index (χ4v) is 2.56. The van der Waals surface area contributed by atoms with E-state index in [4.69, 9.17) is 9.84 Å². The van der Waals surface area contributed by atoms with E-state index in [-0.39, 0.29) is 6.42 Å². The van der Waals surface area contributed by atoms with E-state index in [1.165, 1.54) is 0 Å². The molecule has 1 fully saturated rings. The molecule has 5 heteroatoms. The van der Waals surface area contributed by atoms with E-state index < -0.39 is 5.97 Å². The van der Waals surface area contributed by atoms with Crippen molar-refractivity contribution in [3.05, 3.63) is 17.0 Å². The smallest absolute Gasteiger partial charge is 0.303 e. The zero-order valence-corrected chi connectivity index (χ0v) is 11.0. The van der Waals surface area contributed by atoms with E-state index in [9.17, 15) is 4.79 Å². The summed E-state index contributed by atoms with van der Waals surface area (Å²) in [4.78, 5) is 10.7. The lowest BCUT2D eigenvalue weighted by molar-refractivity contribution is -0.136. The number of aryl methyl sites for hydroxylation is 1. The van der Waals surface area contributed by atoms with Gasteiger partial charge in [-0.3, -0.25) is 9.48 Å². The van der Waals surface area contributed by atoms with Gasteiger partial charge in [0.2, 0.25) is 0 Å². The van der Waals surface area contributed by atoms with Gasteiger partial charge in [0, 0.05) is 18.7 Å². The Balaban J connectivity index is 2.16. The van der Waals surface area contributed by atoms with E-state index in [2.05, 4.69) is 5.10 Å². The molecule has 2 heterocycles. The normalized spacial score (nSPS) is 20.0. The highest BCUT2D eigenvalue weighted by Gasteiger charge is 2.21. The van der Waals surface area contributed by atoms with E-state index in [0.717, 1.165) is 36.4 Å². The van der Waals surface area contributed by atoms with E-state index in [1.807, 2.05) is 18.5 Å². The molecule has 1 aliphatic heterocycles. The van der Waals surface area contributed by atoms with Crippen molar-refractivity contribution in [1.29, 1.82) is 0 Å². The Morgan fingerprint density at radius 2 is 2.33 bits per heavy atom. The van der Waals surface area contributed by atoms with Gasteiger partial charge in [-0.15, -0.1) is 0 Å². The summed E-state index contributed by atoms with van der Waals surface area (Å²) in [5, 5.41) is 13.3. The van der Waals surface area contributed by atoms with Crippen LogP contribution in [0.3, 0.4) is 0 Å². The van der Waals surface area contributed by atoms with Crippen molar-refractivity contribution >= 4 is 5.97 Å². The fraction of sp³-hybridized carbons (Fsp3) is 0.692. The maximum atomic E-state index is 10.7. The Labute approximate surface area is 107 Å². The molecule has 18 heavy (non-hydrogen) atoms. The molecule has 1 aromatic heterocycles. The van der Waals surface area contributed by atoms with Gasteiger partial charge in [-0.1, -0.05) is 0 Å². The zero-order chi connectivity index (χ0) is 13.1. The minimum absolute atomic E-state index is 0.161. The summed E-state index contributed by atoms with van der Waals surface area (Å²) < 4.78 is 7.50. The maximum absolute atomic E-state index is 10.7. The first kappa shape index (κ1) is 13.1. The van der Waals surface area contributed by atoms with E-state index >= 15 is 0 Å². The number of aromatic nitrogens is 2. The molecule has 2 rings (SSSR count). The number of hydrogen-bond donors (Lipinski definition) is 1. The first-order chi connectivity index (χ1) is 8.59. The molecule has 1 aliphatic rings. The van der Waals surface area contributed by atoms with E-state index in [1.54, 1.807) is 0 Å². The summed E-state index contributed by atoms with van der Waals surface area (Å²) in [6.45, 7) is 5.51. The van der Waals surface area contributed by atoms with Crippen LogP contribution < -0.4 is 0 Å². The average Bonchev–Trinajstić information content (AvgIpc) is 2.63. The van der Waals surface area contributed by atoms with Gasteiger partial charge in [-0.25, -0.2) is 0 Å². The Bertz CT molecular complexity index is 434. The minimum Gasteiger partial charge on any atom is -0.481 e. The van der Waals surface area contributed by atoms with Crippen molar-refractivity contribution in [3.8, 4) is 0 Å². The molecule has 0 radical (unpaired) electrons. The third-order valence-corrected chi connectivity index (χ3v) is 3.55. The average molecular weight is 252 g/mol. The monoisotopic (exact) mass is 252 g/mol. The highest BCUT2D eigenvalue weighted by molar-refractivity contribution is 5.67. The molecule has 1 aromatic rings. The van der Waals surface area contributed by atoms with Crippen LogP contribution in [0.4, 0.5) is 0 Å². The number of carboxylic acid groups (broad SMARTS) is 1. The number of hydrogen-bond acceptors (Lipinski definition) is 3. The standard InChI is InChI=1S/C13H20N2O3/c1-9-12(5-6-13(16)17)10(2)15(14-9)11-4-3-7-18-8-11/h11H,3-8H2,1-2H3,(H,16,17). The van der Waals surface area contributed by atoms with Gasteiger partial charge < -0.3 is 9.84 Å². The highest BCUT2D eigenvalue weighted by atomic mass is 16.5. The molecule has 0 spiro atoms.